The summed E-state index contributed by atoms with van der Waals surface area (Å²) in [7, 11) is 3.95. The predicted octanol–water partition coefficient (Wildman–Crippen LogP) is 2.92. The van der Waals surface area contributed by atoms with E-state index < -0.39 is 0 Å². The molecule has 0 aliphatic carbocycles. The molecule has 3 rings (SSSR count). The normalized spacial score (nSPS) is 14.0. The Morgan fingerprint density at radius 3 is 2.61 bits per heavy atom. The summed E-state index contributed by atoms with van der Waals surface area (Å²) >= 11 is 1.85. The van der Waals surface area contributed by atoms with Gasteiger partial charge in [0.1, 0.15) is 5.82 Å². The molecular formula is C22H32N6O2S. The number of ether oxygens (including phenoxy) is 1. The molecule has 2 N–H and O–H groups in total. The lowest BCUT2D eigenvalue weighted by molar-refractivity contribution is 0.122. The first-order valence-electron chi connectivity index (χ1n) is 10.6. The molecular weight excluding hydrogens is 412 g/mol. The molecule has 1 aromatic carbocycles. The zero-order valence-corrected chi connectivity index (χ0v) is 19.4. The van der Waals surface area contributed by atoms with E-state index in [1.165, 1.54) is 0 Å². The number of carbonyl (C=O) groups excluding carboxylic acids is 1. The number of rotatable bonds is 9. The fourth-order valence-electron chi connectivity index (χ4n) is 3.12. The first-order chi connectivity index (χ1) is 15.0. The van der Waals surface area contributed by atoms with Gasteiger partial charge in [0, 0.05) is 49.2 Å². The predicted molar refractivity (Wildman–Crippen MR) is 128 cm³/mol. The number of anilines is 2. The van der Waals surface area contributed by atoms with Crippen LogP contribution in [0.2, 0.25) is 0 Å². The van der Waals surface area contributed by atoms with Crippen LogP contribution < -0.4 is 15.5 Å². The van der Waals surface area contributed by atoms with Crippen molar-refractivity contribution in [1.29, 1.82) is 0 Å². The summed E-state index contributed by atoms with van der Waals surface area (Å²) in [5.74, 6) is 3.56. The lowest BCUT2D eigenvalue weighted by Crippen LogP contribution is -2.37. The van der Waals surface area contributed by atoms with Gasteiger partial charge in [0.25, 0.3) is 0 Å². The van der Waals surface area contributed by atoms with Crippen LogP contribution in [0.4, 0.5) is 16.3 Å². The standard InChI is InChI=1S/C22H32N6O2S/c1-4-31-16-19-15-20(28-11-13-30-14-12-28)26-21(24-19)17-5-7-18(8-6-17)25-22(29)23-9-10-27(2)3/h5-8,15H,4,9-14,16H2,1-3H3,(H2,23,25,29). The van der Waals surface area contributed by atoms with Gasteiger partial charge in [-0.15, -0.1) is 0 Å². The summed E-state index contributed by atoms with van der Waals surface area (Å²) in [6.45, 7) is 6.65. The van der Waals surface area contributed by atoms with E-state index in [-0.39, 0.29) is 6.03 Å². The zero-order valence-electron chi connectivity index (χ0n) is 18.6. The number of carbonyl (C=O) groups is 1. The monoisotopic (exact) mass is 444 g/mol. The minimum absolute atomic E-state index is 0.209. The number of urea groups is 1. The number of benzene rings is 1. The molecule has 2 aromatic rings. The van der Waals surface area contributed by atoms with E-state index in [0.29, 0.717) is 12.4 Å². The number of morpholine rings is 1. The van der Waals surface area contributed by atoms with Gasteiger partial charge in [-0.2, -0.15) is 11.8 Å². The maximum atomic E-state index is 12.0. The summed E-state index contributed by atoms with van der Waals surface area (Å²) < 4.78 is 5.48. The summed E-state index contributed by atoms with van der Waals surface area (Å²) in [4.78, 5) is 25.9. The van der Waals surface area contributed by atoms with Crippen LogP contribution in [-0.2, 0) is 10.5 Å². The van der Waals surface area contributed by atoms with Gasteiger partial charge < -0.3 is 25.2 Å². The molecule has 0 spiro atoms. The van der Waals surface area contributed by atoms with Crippen LogP contribution in [0.3, 0.4) is 0 Å². The van der Waals surface area contributed by atoms with E-state index in [9.17, 15) is 4.79 Å². The van der Waals surface area contributed by atoms with Crippen molar-refractivity contribution in [2.45, 2.75) is 12.7 Å². The number of thioether (sulfide) groups is 1. The molecule has 1 aromatic heterocycles. The molecule has 2 amide bonds. The fraction of sp³-hybridized carbons (Fsp3) is 0.500. The molecule has 9 heteroatoms. The van der Waals surface area contributed by atoms with Crippen molar-refractivity contribution < 1.29 is 9.53 Å². The highest BCUT2D eigenvalue weighted by atomic mass is 32.2. The lowest BCUT2D eigenvalue weighted by atomic mass is 10.2. The lowest BCUT2D eigenvalue weighted by Gasteiger charge is -2.28. The van der Waals surface area contributed by atoms with Crippen molar-refractivity contribution in [1.82, 2.24) is 20.2 Å². The quantitative estimate of drug-likeness (QED) is 0.615. The fourth-order valence-corrected chi connectivity index (χ4v) is 3.68. The van der Waals surface area contributed by atoms with E-state index >= 15 is 0 Å². The van der Waals surface area contributed by atoms with Gasteiger partial charge in [-0.1, -0.05) is 6.92 Å². The highest BCUT2D eigenvalue weighted by molar-refractivity contribution is 7.98. The summed E-state index contributed by atoms with van der Waals surface area (Å²) in [5, 5.41) is 5.71. The number of amides is 2. The molecule has 1 saturated heterocycles. The third kappa shape index (κ3) is 7.37. The number of likely N-dealkylation sites (N-methyl/N-ethyl adjacent to an activating group) is 1. The van der Waals surface area contributed by atoms with Crippen LogP contribution in [0.1, 0.15) is 12.6 Å². The van der Waals surface area contributed by atoms with Crippen molar-refractivity contribution in [2.75, 3.05) is 69.5 Å². The van der Waals surface area contributed by atoms with Crippen LogP contribution in [0.15, 0.2) is 30.3 Å². The Balaban J connectivity index is 1.72. The number of hydrogen-bond acceptors (Lipinski definition) is 7. The van der Waals surface area contributed by atoms with E-state index in [4.69, 9.17) is 14.7 Å². The topological polar surface area (TPSA) is 82.6 Å². The van der Waals surface area contributed by atoms with E-state index in [0.717, 1.165) is 67.1 Å². The number of hydrogen-bond donors (Lipinski definition) is 2. The van der Waals surface area contributed by atoms with Crippen LogP contribution >= 0.6 is 11.8 Å². The largest absolute Gasteiger partial charge is 0.378 e. The molecule has 0 bridgehead atoms. The molecule has 0 atom stereocenters. The van der Waals surface area contributed by atoms with Crippen LogP contribution in [0.25, 0.3) is 11.4 Å². The molecule has 1 fully saturated rings. The second-order valence-corrected chi connectivity index (χ2v) is 8.81. The van der Waals surface area contributed by atoms with Gasteiger partial charge in [-0.3, -0.25) is 0 Å². The second kappa shape index (κ2) is 11.9. The third-order valence-corrected chi connectivity index (χ3v) is 5.71. The Hall–Kier alpha value is -2.36. The molecule has 1 aliphatic heterocycles. The van der Waals surface area contributed by atoms with Crippen molar-refractivity contribution in [2.24, 2.45) is 0 Å². The third-order valence-electron chi connectivity index (χ3n) is 4.80. The average molecular weight is 445 g/mol. The smallest absolute Gasteiger partial charge is 0.319 e. The molecule has 31 heavy (non-hydrogen) atoms. The average Bonchev–Trinajstić information content (AvgIpc) is 2.78. The zero-order chi connectivity index (χ0) is 22.1. The van der Waals surface area contributed by atoms with Crippen molar-refractivity contribution >= 4 is 29.3 Å². The highest BCUT2D eigenvalue weighted by Crippen LogP contribution is 2.24. The van der Waals surface area contributed by atoms with Crippen LogP contribution in [-0.4, -0.2) is 80.1 Å². The van der Waals surface area contributed by atoms with E-state index in [1.54, 1.807) is 0 Å². The number of aromatic nitrogens is 2. The minimum Gasteiger partial charge on any atom is -0.378 e. The second-order valence-electron chi connectivity index (χ2n) is 7.54. The molecule has 2 heterocycles. The van der Waals surface area contributed by atoms with Crippen LogP contribution in [0.5, 0.6) is 0 Å². The first kappa shape index (κ1) is 23.3. The van der Waals surface area contributed by atoms with Crippen molar-refractivity contribution in [3.05, 3.63) is 36.0 Å². The Kier molecular flexibility index (Phi) is 8.93. The molecule has 0 unspecified atom stereocenters. The molecule has 0 saturated carbocycles. The highest BCUT2D eigenvalue weighted by Gasteiger charge is 2.16. The Labute approximate surface area is 188 Å². The van der Waals surface area contributed by atoms with E-state index in [1.807, 2.05) is 55.0 Å². The Bertz CT molecular complexity index is 840. The van der Waals surface area contributed by atoms with Gasteiger partial charge in [0.2, 0.25) is 0 Å². The summed E-state index contributed by atoms with van der Waals surface area (Å²) in [6, 6.07) is 9.54. The van der Waals surface area contributed by atoms with Gasteiger partial charge in [0.15, 0.2) is 5.82 Å². The van der Waals surface area contributed by atoms with Gasteiger partial charge >= 0.3 is 6.03 Å². The van der Waals surface area contributed by atoms with Gasteiger partial charge in [0.05, 0.1) is 18.9 Å². The molecule has 168 valence electrons. The van der Waals surface area contributed by atoms with Gasteiger partial charge in [-0.05, 0) is 44.1 Å². The van der Waals surface area contributed by atoms with Crippen molar-refractivity contribution in [3.63, 3.8) is 0 Å². The van der Waals surface area contributed by atoms with Crippen molar-refractivity contribution in [3.8, 4) is 11.4 Å². The Morgan fingerprint density at radius 2 is 1.94 bits per heavy atom. The minimum atomic E-state index is -0.209. The number of nitrogens with one attached hydrogen (secondary N) is 2. The summed E-state index contributed by atoms with van der Waals surface area (Å²) in [5.41, 5.74) is 2.69. The molecule has 0 radical (unpaired) electrons. The van der Waals surface area contributed by atoms with Crippen LogP contribution in [0, 0.1) is 0 Å². The summed E-state index contributed by atoms with van der Waals surface area (Å²) in [6.07, 6.45) is 0. The number of nitrogens with zero attached hydrogens (tertiary/aromatic N) is 4. The Morgan fingerprint density at radius 1 is 1.19 bits per heavy atom. The maximum Gasteiger partial charge on any atom is 0.319 e. The SMILES string of the molecule is CCSCc1cc(N2CCOCC2)nc(-c2ccc(NC(=O)NCCN(C)C)cc2)n1. The maximum absolute atomic E-state index is 12.0. The molecule has 1 aliphatic rings. The van der Waals surface area contributed by atoms with E-state index in [2.05, 4.69) is 28.5 Å². The first-order valence-corrected chi connectivity index (χ1v) is 11.8. The van der Waals surface area contributed by atoms with Gasteiger partial charge in [-0.25, -0.2) is 14.8 Å². The molecule has 8 nitrogen and oxygen atoms in total.